The van der Waals surface area contributed by atoms with Gasteiger partial charge in [-0.25, -0.2) is 4.98 Å². The van der Waals surface area contributed by atoms with Crippen LogP contribution in [0, 0.1) is 6.92 Å². The van der Waals surface area contributed by atoms with E-state index < -0.39 is 0 Å². The number of aromatic amines is 1. The minimum Gasteiger partial charge on any atom is -0.338 e. The smallest absolute Gasteiger partial charge is 0.307 e. The SMILES string of the molecule is Cc1csc(=O)n1CCC(=O)Nc1ccc(-c2nc3ccccc3[nH]2)cc1. The first-order valence-corrected chi connectivity index (χ1v) is 9.48. The quantitative estimate of drug-likeness (QED) is 0.554. The van der Waals surface area contributed by atoms with Gasteiger partial charge in [0.25, 0.3) is 0 Å². The van der Waals surface area contributed by atoms with Crippen LogP contribution in [0.25, 0.3) is 22.4 Å². The van der Waals surface area contributed by atoms with Crippen LogP contribution in [0.5, 0.6) is 0 Å². The van der Waals surface area contributed by atoms with Crippen LogP contribution in [-0.4, -0.2) is 20.4 Å². The number of aromatic nitrogens is 3. The van der Waals surface area contributed by atoms with E-state index in [1.807, 2.05) is 55.5 Å². The van der Waals surface area contributed by atoms with Crippen molar-refractivity contribution in [3.63, 3.8) is 0 Å². The monoisotopic (exact) mass is 378 g/mol. The largest absolute Gasteiger partial charge is 0.338 e. The minimum atomic E-state index is -0.121. The Bertz CT molecular complexity index is 1120. The zero-order valence-corrected chi connectivity index (χ0v) is 15.5. The molecular weight excluding hydrogens is 360 g/mol. The van der Waals surface area contributed by atoms with Gasteiger partial charge in [0.05, 0.1) is 11.0 Å². The lowest BCUT2D eigenvalue weighted by Gasteiger charge is -2.07. The third-order valence-electron chi connectivity index (χ3n) is 4.37. The standard InChI is InChI=1S/C20H18N4O2S/c1-13-12-27-20(26)24(13)11-10-18(25)21-15-8-6-14(7-9-15)19-22-16-4-2-3-5-17(16)23-19/h2-9,12H,10-11H2,1H3,(H,21,25)(H,22,23). The number of hydrogen-bond donors (Lipinski definition) is 2. The van der Waals surface area contributed by atoms with Crippen LogP contribution in [0.15, 0.2) is 58.7 Å². The van der Waals surface area contributed by atoms with Crippen molar-refractivity contribution in [3.8, 4) is 11.4 Å². The number of carbonyl (C=O) groups excluding carboxylic acids is 1. The molecule has 27 heavy (non-hydrogen) atoms. The maximum Gasteiger partial charge on any atom is 0.307 e. The second-order valence-corrected chi connectivity index (χ2v) is 7.09. The third-order valence-corrected chi connectivity index (χ3v) is 5.25. The van der Waals surface area contributed by atoms with Crippen molar-refractivity contribution in [1.29, 1.82) is 0 Å². The van der Waals surface area contributed by atoms with E-state index in [1.54, 1.807) is 9.95 Å². The second-order valence-electron chi connectivity index (χ2n) is 6.27. The summed E-state index contributed by atoms with van der Waals surface area (Å²) in [5.74, 6) is 0.672. The van der Waals surface area contributed by atoms with Gasteiger partial charge in [-0.15, -0.1) is 0 Å². The second kappa shape index (κ2) is 7.20. The van der Waals surface area contributed by atoms with E-state index in [1.165, 1.54) is 0 Å². The Labute approximate surface area is 159 Å². The Hall–Kier alpha value is -3.19. The number of amides is 1. The van der Waals surface area contributed by atoms with Gasteiger partial charge < -0.3 is 14.9 Å². The Morgan fingerprint density at radius 2 is 1.96 bits per heavy atom. The van der Waals surface area contributed by atoms with Gasteiger partial charge >= 0.3 is 4.87 Å². The molecule has 2 heterocycles. The molecule has 0 aliphatic carbocycles. The Morgan fingerprint density at radius 1 is 1.19 bits per heavy atom. The average molecular weight is 378 g/mol. The van der Waals surface area contributed by atoms with Crippen LogP contribution in [-0.2, 0) is 11.3 Å². The van der Waals surface area contributed by atoms with Crippen molar-refractivity contribution >= 4 is 34.0 Å². The number of imidazole rings is 1. The van der Waals surface area contributed by atoms with Crippen molar-refractivity contribution in [2.24, 2.45) is 0 Å². The molecule has 0 unspecified atom stereocenters. The zero-order valence-electron chi connectivity index (χ0n) is 14.7. The van der Waals surface area contributed by atoms with E-state index >= 15 is 0 Å². The number of anilines is 1. The van der Waals surface area contributed by atoms with Gasteiger partial charge in [-0.2, -0.15) is 0 Å². The van der Waals surface area contributed by atoms with Crippen LogP contribution in [0.3, 0.4) is 0 Å². The minimum absolute atomic E-state index is 0.0320. The van der Waals surface area contributed by atoms with Crippen molar-refractivity contribution in [3.05, 3.63) is 69.3 Å². The van der Waals surface area contributed by atoms with Gasteiger partial charge in [0.1, 0.15) is 5.82 Å². The highest BCUT2D eigenvalue weighted by Gasteiger charge is 2.08. The first-order chi connectivity index (χ1) is 13.1. The molecule has 0 saturated heterocycles. The van der Waals surface area contributed by atoms with Gasteiger partial charge in [0.2, 0.25) is 5.91 Å². The molecule has 0 aliphatic rings. The van der Waals surface area contributed by atoms with Crippen LogP contribution in [0.2, 0.25) is 0 Å². The number of thiazole rings is 1. The molecule has 0 bridgehead atoms. The van der Waals surface area contributed by atoms with Gasteiger partial charge in [-0.1, -0.05) is 23.5 Å². The fourth-order valence-electron chi connectivity index (χ4n) is 2.91. The molecule has 136 valence electrons. The van der Waals surface area contributed by atoms with Gasteiger partial charge in [0.15, 0.2) is 0 Å². The number of nitrogens with zero attached hydrogens (tertiary/aromatic N) is 2. The summed E-state index contributed by atoms with van der Waals surface area (Å²) < 4.78 is 1.62. The van der Waals surface area contributed by atoms with Crippen molar-refractivity contribution in [2.75, 3.05) is 5.32 Å². The normalized spacial score (nSPS) is 11.0. The zero-order chi connectivity index (χ0) is 18.8. The number of rotatable bonds is 5. The number of carbonyl (C=O) groups is 1. The number of H-pyrrole nitrogens is 1. The first kappa shape index (κ1) is 17.2. The number of aryl methyl sites for hydroxylation is 1. The van der Waals surface area contributed by atoms with Crippen molar-refractivity contribution < 1.29 is 4.79 Å². The molecule has 0 atom stereocenters. The Balaban J connectivity index is 1.41. The summed E-state index contributed by atoms with van der Waals surface area (Å²) in [4.78, 5) is 31.7. The summed E-state index contributed by atoms with van der Waals surface area (Å²) in [7, 11) is 0. The molecule has 0 fully saturated rings. The predicted molar refractivity (Wildman–Crippen MR) is 108 cm³/mol. The van der Waals surface area contributed by atoms with Gasteiger partial charge in [-0.05, 0) is 43.3 Å². The number of benzene rings is 2. The van der Waals surface area contributed by atoms with E-state index in [-0.39, 0.29) is 17.2 Å². The molecule has 4 rings (SSSR count). The molecule has 0 aliphatic heterocycles. The molecule has 7 heteroatoms. The molecular formula is C20H18N4O2S. The lowest BCUT2D eigenvalue weighted by atomic mass is 10.2. The molecule has 1 amide bonds. The maximum atomic E-state index is 12.2. The number of nitrogens with one attached hydrogen (secondary N) is 2. The molecule has 4 aromatic rings. The summed E-state index contributed by atoms with van der Waals surface area (Å²) in [5.41, 5.74) is 4.46. The van der Waals surface area contributed by atoms with E-state index in [2.05, 4.69) is 15.3 Å². The van der Waals surface area contributed by atoms with Gasteiger partial charge in [-0.3, -0.25) is 9.59 Å². The molecule has 6 nitrogen and oxygen atoms in total. The predicted octanol–water partition coefficient (Wildman–Crippen LogP) is 3.79. The fourth-order valence-corrected chi connectivity index (χ4v) is 3.67. The number of fused-ring (bicyclic) bond motifs is 1. The summed E-state index contributed by atoms with van der Waals surface area (Å²) in [6, 6.07) is 15.4. The number of para-hydroxylation sites is 2. The van der Waals surface area contributed by atoms with Crippen LogP contribution >= 0.6 is 11.3 Å². The summed E-state index contributed by atoms with van der Waals surface area (Å²) in [5, 5.41) is 4.67. The van der Waals surface area contributed by atoms with E-state index in [0.29, 0.717) is 12.2 Å². The highest BCUT2D eigenvalue weighted by molar-refractivity contribution is 7.07. The van der Waals surface area contributed by atoms with Crippen LogP contribution in [0.4, 0.5) is 5.69 Å². The van der Waals surface area contributed by atoms with Crippen LogP contribution in [0.1, 0.15) is 12.1 Å². The Kier molecular flexibility index (Phi) is 4.60. The molecule has 0 spiro atoms. The third kappa shape index (κ3) is 3.68. The molecule has 2 aromatic carbocycles. The maximum absolute atomic E-state index is 12.2. The van der Waals surface area contributed by atoms with E-state index in [9.17, 15) is 9.59 Å². The summed E-state index contributed by atoms with van der Waals surface area (Å²) in [6.45, 7) is 2.25. The summed E-state index contributed by atoms with van der Waals surface area (Å²) in [6.07, 6.45) is 0.253. The molecule has 2 aromatic heterocycles. The lowest BCUT2D eigenvalue weighted by Crippen LogP contribution is -2.20. The van der Waals surface area contributed by atoms with Crippen molar-refractivity contribution in [1.82, 2.24) is 14.5 Å². The van der Waals surface area contributed by atoms with E-state index in [4.69, 9.17) is 0 Å². The van der Waals surface area contributed by atoms with Crippen LogP contribution < -0.4 is 10.2 Å². The summed E-state index contributed by atoms with van der Waals surface area (Å²) >= 11 is 1.15. The first-order valence-electron chi connectivity index (χ1n) is 8.60. The molecule has 0 saturated carbocycles. The highest BCUT2D eigenvalue weighted by atomic mass is 32.1. The van der Waals surface area contributed by atoms with E-state index in [0.717, 1.165) is 39.5 Å². The van der Waals surface area contributed by atoms with Crippen molar-refractivity contribution in [2.45, 2.75) is 19.9 Å². The number of hydrogen-bond acceptors (Lipinski definition) is 4. The lowest BCUT2D eigenvalue weighted by molar-refractivity contribution is -0.116. The highest BCUT2D eigenvalue weighted by Crippen LogP contribution is 2.22. The van der Waals surface area contributed by atoms with Gasteiger partial charge in [0, 0.05) is 35.3 Å². The fraction of sp³-hybridized carbons (Fsp3) is 0.150. The molecule has 0 radical (unpaired) electrons. The molecule has 2 N–H and O–H groups in total. The average Bonchev–Trinajstić information content (AvgIpc) is 3.24. The topological polar surface area (TPSA) is 79.8 Å². The Morgan fingerprint density at radius 3 is 2.67 bits per heavy atom.